The minimum Gasteiger partial charge on any atom is -0.373 e. The Hall–Kier alpha value is -2.18. The van der Waals surface area contributed by atoms with Gasteiger partial charge < -0.3 is 15.2 Å². The molecule has 2 aromatic rings. The summed E-state index contributed by atoms with van der Waals surface area (Å²) in [5.74, 6) is 3.85. The zero-order valence-corrected chi connectivity index (χ0v) is 11.7. The van der Waals surface area contributed by atoms with E-state index in [1.807, 2.05) is 14.0 Å². The normalized spacial score (nSPS) is 14.3. The fourth-order valence-corrected chi connectivity index (χ4v) is 2.07. The lowest BCUT2D eigenvalue weighted by atomic mass is 10.2. The molecule has 0 spiro atoms. The second kappa shape index (κ2) is 5.44. The molecule has 0 aliphatic heterocycles. The van der Waals surface area contributed by atoms with E-state index in [0.717, 1.165) is 23.0 Å². The van der Waals surface area contributed by atoms with Crippen LogP contribution in [0.25, 0.3) is 0 Å². The van der Waals surface area contributed by atoms with Crippen LogP contribution in [0.2, 0.25) is 0 Å². The van der Waals surface area contributed by atoms with Gasteiger partial charge in [-0.25, -0.2) is 9.97 Å². The van der Waals surface area contributed by atoms with Gasteiger partial charge in [-0.05, 0) is 19.8 Å². The molecule has 0 radical (unpaired) electrons. The Morgan fingerprint density at radius 3 is 2.75 bits per heavy atom. The van der Waals surface area contributed by atoms with Crippen LogP contribution in [0, 0.1) is 6.92 Å². The van der Waals surface area contributed by atoms with E-state index in [1.54, 1.807) is 0 Å². The van der Waals surface area contributed by atoms with E-state index in [-0.39, 0.29) is 0 Å². The van der Waals surface area contributed by atoms with Crippen LogP contribution in [-0.2, 0) is 6.42 Å². The molecule has 20 heavy (non-hydrogen) atoms. The fraction of sp³-hybridized carbons (Fsp3) is 0.538. The van der Waals surface area contributed by atoms with Crippen molar-refractivity contribution >= 4 is 11.6 Å². The molecule has 0 aromatic carbocycles. The third kappa shape index (κ3) is 2.71. The number of hydrogen-bond donors (Lipinski definition) is 2. The molecule has 0 amide bonds. The van der Waals surface area contributed by atoms with Crippen molar-refractivity contribution in [3.05, 3.63) is 23.6 Å². The first-order chi connectivity index (χ1) is 9.78. The molecule has 0 unspecified atom stereocenters. The van der Waals surface area contributed by atoms with E-state index in [1.165, 1.54) is 19.2 Å². The maximum Gasteiger partial charge on any atom is 0.228 e. The average molecular weight is 274 g/mol. The fourth-order valence-electron chi connectivity index (χ4n) is 2.07. The molecule has 0 saturated heterocycles. The van der Waals surface area contributed by atoms with Gasteiger partial charge in [-0.1, -0.05) is 5.16 Å². The predicted octanol–water partition coefficient (Wildman–Crippen LogP) is 1.74. The van der Waals surface area contributed by atoms with Gasteiger partial charge >= 0.3 is 0 Å². The first-order valence-electron chi connectivity index (χ1n) is 6.83. The van der Waals surface area contributed by atoms with Crippen molar-refractivity contribution in [2.45, 2.75) is 32.1 Å². The number of rotatable bonds is 6. The third-order valence-electron chi connectivity index (χ3n) is 3.38. The molecule has 2 aromatic heterocycles. The van der Waals surface area contributed by atoms with E-state index in [9.17, 15) is 0 Å². The minimum atomic E-state index is 0.527. The van der Waals surface area contributed by atoms with Crippen molar-refractivity contribution in [1.82, 2.24) is 20.1 Å². The molecule has 1 fully saturated rings. The third-order valence-corrected chi connectivity index (χ3v) is 3.38. The minimum absolute atomic E-state index is 0.527. The average Bonchev–Trinajstić information content (AvgIpc) is 3.18. The number of hydrogen-bond acceptors (Lipinski definition) is 7. The van der Waals surface area contributed by atoms with Crippen LogP contribution >= 0.6 is 0 Å². The molecule has 1 aliphatic rings. The summed E-state index contributed by atoms with van der Waals surface area (Å²) < 4.78 is 4.97. The Bertz CT molecular complexity index is 579. The van der Waals surface area contributed by atoms with Crippen molar-refractivity contribution in [2.24, 2.45) is 0 Å². The summed E-state index contributed by atoms with van der Waals surface area (Å²) >= 11 is 0. The Kier molecular flexibility index (Phi) is 3.49. The molecule has 7 nitrogen and oxygen atoms in total. The number of nitrogens with zero attached hydrogens (tertiary/aromatic N) is 4. The maximum atomic E-state index is 4.97. The summed E-state index contributed by atoms with van der Waals surface area (Å²) in [6, 6.07) is 0. The van der Waals surface area contributed by atoms with Gasteiger partial charge in [0.25, 0.3) is 0 Å². The molecular formula is C13H18N6O. The molecule has 0 bridgehead atoms. The SMILES string of the molecule is CNc1nc(C2CC2)nc(NCCc2ncno2)c1C. The highest BCUT2D eigenvalue weighted by atomic mass is 16.5. The number of anilines is 2. The van der Waals surface area contributed by atoms with Gasteiger partial charge in [0.15, 0.2) is 6.33 Å². The Balaban J connectivity index is 1.72. The monoisotopic (exact) mass is 274 g/mol. The van der Waals surface area contributed by atoms with Gasteiger partial charge in [-0.15, -0.1) is 0 Å². The summed E-state index contributed by atoms with van der Waals surface area (Å²) in [6.45, 7) is 2.71. The van der Waals surface area contributed by atoms with Gasteiger partial charge in [0, 0.05) is 31.5 Å². The molecule has 2 N–H and O–H groups in total. The molecule has 3 rings (SSSR count). The van der Waals surface area contributed by atoms with Crippen LogP contribution in [0.1, 0.15) is 36.0 Å². The van der Waals surface area contributed by atoms with Crippen LogP contribution in [-0.4, -0.2) is 33.7 Å². The van der Waals surface area contributed by atoms with Crippen molar-refractivity contribution in [1.29, 1.82) is 0 Å². The summed E-state index contributed by atoms with van der Waals surface area (Å²) in [4.78, 5) is 13.2. The topological polar surface area (TPSA) is 88.8 Å². The van der Waals surface area contributed by atoms with Crippen LogP contribution in [0.4, 0.5) is 11.6 Å². The number of aromatic nitrogens is 4. The van der Waals surface area contributed by atoms with E-state index < -0.39 is 0 Å². The molecule has 1 aliphatic carbocycles. The van der Waals surface area contributed by atoms with Crippen molar-refractivity contribution in [3.63, 3.8) is 0 Å². The molecule has 1 saturated carbocycles. The van der Waals surface area contributed by atoms with Crippen LogP contribution in [0.5, 0.6) is 0 Å². The highest BCUT2D eigenvalue weighted by Crippen LogP contribution is 2.39. The van der Waals surface area contributed by atoms with Crippen molar-refractivity contribution in [3.8, 4) is 0 Å². The molecule has 0 atom stereocenters. The second-order valence-electron chi connectivity index (χ2n) is 4.94. The van der Waals surface area contributed by atoms with E-state index in [2.05, 4.69) is 30.7 Å². The van der Waals surface area contributed by atoms with Crippen LogP contribution < -0.4 is 10.6 Å². The Labute approximate surface area is 117 Å². The lowest BCUT2D eigenvalue weighted by Crippen LogP contribution is -2.12. The number of nitrogens with one attached hydrogen (secondary N) is 2. The first kappa shape index (κ1) is 12.8. The maximum absolute atomic E-state index is 4.97. The van der Waals surface area contributed by atoms with Gasteiger partial charge in [0.2, 0.25) is 5.89 Å². The largest absolute Gasteiger partial charge is 0.373 e. The lowest BCUT2D eigenvalue weighted by molar-refractivity contribution is 0.379. The summed E-state index contributed by atoms with van der Waals surface area (Å²) in [6.07, 6.45) is 4.47. The second-order valence-corrected chi connectivity index (χ2v) is 4.94. The van der Waals surface area contributed by atoms with E-state index in [4.69, 9.17) is 4.52 Å². The molecule has 2 heterocycles. The predicted molar refractivity (Wildman–Crippen MR) is 74.8 cm³/mol. The standard InChI is InChI=1S/C13H18N6O/c1-8-11(14-2)18-13(9-3-4-9)19-12(8)15-6-5-10-16-7-17-20-10/h7,9H,3-6H2,1-2H3,(H2,14,15,18,19). The van der Waals surface area contributed by atoms with E-state index in [0.29, 0.717) is 24.8 Å². The summed E-state index contributed by atoms with van der Waals surface area (Å²) in [5.41, 5.74) is 1.03. The lowest BCUT2D eigenvalue weighted by Gasteiger charge is -2.13. The van der Waals surface area contributed by atoms with Crippen molar-refractivity contribution < 1.29 is 4.52 Å². The van der Waals surface area contributed by atoms with Gasteiger partial charge in [-0.2, -0.15) is 4.98 Å². The first-order valence-corrected chi connectivity index (χ1v) is 6.83. The van der Waals surface area contributed by atoms with Crippen LogP contribution in [0.3, 0.4) is 0 Å². The van der Waals surface area contributed by atoms with Crippen LogP contribution in [0.15, 0.2) is 10.9 Å². The summed E-state index contributed by atoms with van der Waals surface area (Å²) in [7, 11) is 1.88. The molecule has 106 valence electrons. The smallest absolute Gasteiger partial charge is 0.228 e. The zero-order chi connectivity index (χ0) is 13.9. The highest BCUT2D eigenvalue weighted by molar-refractivity contribution is 5.57. The van der Waals surface area contributed by atoms with Gasteiger partial charge in [0.05, 0.1) is 0 Å². The Morgan fingerprint density at radius 2 is 2.10 bits per heavy atom. The zero-order valence-electron chi connectivity index (χ0n) is 11.7. The highest BCUT2D eigenvalue weighted by Gasteiger charge is 2.28. The van der Waals surface area contributed by atoms with Crippen molar-refractivity contribution in [2.75, 3.05) is 24.2 Å². The molecular weight excluding hydrogens is 256 g/mol. The quantitative estimate of drug-likeness (QED) is 0.829. The molecule has 7 heteroatoms. The van der Waals surface area contributed by atoms with E-state index >= 15 is 0 Å². The Morgan fingerprint density at radius 1 is 1.30 bits per heavy atom. The van der Waals surface area contributed by atoms with Gasteiger partial charge in [-0.3, -0.25) is 0 Å². The summed E-state index contributed by atoms with van der Waals surface area (Å²) in [5, 5.41) is 10.0. The van der Waals surface area contributed by atoms with Gasteiger partial charge in [0.1, 0.15) is 17.5 Å².